The minimum atomic E-state index is 0.0371. The van der Waals surface area contributed by atoms with Crippen LogP contribution in [0, 0.1) is 0 Å². The number of likely N-dealkylation sites (tertiary alicyclic amines) is 1. The van der Waals surface area contributed by atoms with E-state index in [4.69, 9.17) is 0 Å². The standard InChI is InChI=1S/C11H17N3OS2/c1-4-9-12-11(17-13-9)16-8-5-6-14(7(2)3)10(8)15/h7-8H,4-6H2,1-3H3. The first-order chi connectivity index (χ1) is 8.11. The van der Waals surface area contributed by atoms with Crippen LogP contribution < -0.4 is 0 Å². The molecule has 2 heterocycles. The van der Waals surface area contributed by atoms with Crippen LogP contribution in [0.5, 0.6) is 0 Å². The fraction of sp³-hybridized carbons (Fsp3) is 0.727. The molecule has 1 amide bonds. The first-order valence-electron chi connectivity index (χ1n) is 5.91. The van der Waals surface area contributed by atoms with E-state index in [-0.39, 0.29) is 11.2 Å². The predicted octanol–water partition coefficient (Wildman–Crippen LogP) is 2.20. The number of rotatable bonds is 4. The van der Waals surface area contributed by atoms with Gasteiger partial charge in [-0.3, -0.25) is 4.79 Å². The molecule has 17 heavy (non-hydrogen) atoms. The molecule has 0 N–H and O–H groups in total. The molecule has 4 nitrogen and oxygen atoms in total. The highest BCUT2D eigenvalue weighted by molar-refractivity contribution is 8.02. The number of carbonyl (C=O) groups is 1. The van der Waals surface area contributed by atoms with Gasteiger partial charge in [0.1, 0.15) is 5.82 Å². The molecule has 1 aromatic heterocycles. The van der Waals surface area contributed by atoms with E-state index in [9.17, 15) is 4.79 Å². The minimum absolute atomic E-state index is 0.0371. The molecule has 1 aliphatic rings. The molecular formula is C11H17N3OS2. The highest BCUT2D eigenvalue weighted by atomic mass is 32.2. The van der Waals surface area contributed by atoms with E-state index in [0.717, 1.165) is 29.6 Å². The van der Waals surface area contributed by atoms with Crippen LogP contribution in [0.15, 0.2) is 4.34 Å². The van der Waals surface area contributed by atoms with Crippen molar-refractivity contribution in [3.8, 4) is 0 Å². The maximum atomic E-state index is 12.1. The molecule has 1 aliphatic heterocycles. The smallest absolute Gasteiger partial charge is 0.236 e. The fourth-order valence-electron chi connectivity index (χ4n) is 1.85. The van der Waals surface area contributed by atoms with Crippen molar-refractivity contribution in [2.75, 3.05) is 6.54 Å². The molecule has 0 saturated carbocycles. The van der Waals surface area contributed by atoms with E-state index >= 15 is 0 Å². The second-order valence-corrected chi connectivity index (χ2v) is 6.55. The lowest BCUT2D eigenvalue weighted by Crippen LogP contribution is -2.34. The summed E-state index contributed by atoms with van der Waals surface area (Å²) < 4.78 is 5.16. The lowest BCUT2D eigenvalue weighted by Gasteiger charge is -2.20. The Labute approximate surface area is 110 Å². The van der Waals surface area contributed by atoms with E-state index in [1.165, 1.54) is 11.5 Å². The Morgan fingerprint density at radius 2 is 2.35 bits per heavy atom. The van der Waals surface area contributed by atoms with Gasteiger partial charge in [-0.25, -0.2) is 4.98 Å². The van der Waals surface area contributed by atoms with Gasteiger partial charge >= 0.3 is 0 Å². The predicted molar refractivity (Wildman–Crippen MR) is 70.4 cm³/mol. The van der Waals surface area contributed by atoms with Crippen molar-refractivity contribution in [1.29, 1.82) is 0 Å². The third-order valence-corrected chi connectivity index (χ3v) is 4.90. The van der Waals surface area contributed by atoms with Crippen LogP contribution in [0.1, 0.15) is 33.0 Å². The Balaban J connectivity index is 1.98. The lowest BCUT2D eigenvalue weighted by molar-refractivity contribution is -0.128. The van der Waals surface area contributed by atoms with Gasteiger partial charge in [0.25, 0.3) is 0 Å². The van der Waals surface area contributed by atoms with Crippen LogP contribution in [0.2, 0.25) is 0 Å². The van der Waals surface area contributed by atoms with Crippen LogP contribution in [0.3, 0.4) is 0 Å². The second kappa shape index (κ2) is 5.35. The number of thioether (sulfide) groups is 1. The number of aromatic nitrogens is 2. The van der Waals surface area contributed by atoms with Crippen LogP contribution in [-0.2, 0) is 11.2 Å². The van der Waals surface area contributed by atoms with Crippen LogP contribution >= 0.6 is 23.3 Å². The molecule has 0 aliphatic carbocycles. The highest BCUT2D eigenvalue weighted by Crippen LogP contribution is 2.32. The zero-order valence-corrected chi connectivity index (χ0v) is 12.0. The summed E-state index contributed by atoms with van der Waals surface area (Å²) in [6.45, 7) is 7.03. The number of amides is 1. The van der Waals surface area contributed by atoms with Crippen molar-refractivity contribution in [1.82, 2.24) is 14.3 Å². The van der Waals surface area contributed by atoms with Gasteiger partial charge in [-0.05, 0) is 31.8 Å². The van der Waals surface area contributed by atoms with Crippen molar-refractivity contribution in [3.05, 3.63) is 5.82 Å². The average Bonchev–Trinajstić information content (AvgIpc) is 2.87. The molecule has 0 aromatic carbocycles. The largest absolute Gasteiger partial charge is 0.339 e. The maximum absolute atomic E-state index is 12.1. The van der Waals surface area contributed by atoms with Gasteiger partial charge < -0.3 is 4.90 Å². The zero-order valence-electron chi connectivity index (χ0n) is 10.3. The number of hydrogen-bond acceptors (Lipinski definition) is 5. The molecule has 94 valence electrons. The topological polar surface area (TPSA) is 46.1 Å². The number of nitrogens with zero attached hydrogens (tertiary/aromatic N) is 3. The number of hydrogen-bond donors (Lipinski definition) is 0. The monoisotopic (exact) mass is 271 g/mol. The summed E-state index contributed by atoms with van der Waals surface area (Å²) >= 11 is 2.97. The van der Waals surface area contributed by atoms with E-state index in [0.29, 0.717) is 6.04 Å². The SMILES string of the molecule is CCc1nsc(SC2CCN(C(C)C)C2=O)n1. The Morgan fingerprint density at radius 1 is 1.59 bits per heavy atom. The summed E-state index contributed by atoms with van der Waals surface area (Å²) in [7, 11) is 0. The van der Waals surface area contributed by atoms with Crippen molar-refractivity contribution < 1.29 is 4.79 Å². The Kier molecular flexibility index (Phi) is 4.04. The lowest BCUT2D eigenvalue weighted by atomic mass is 10.3. The fourth-order valence-corrected chi connectivity index (χ4v) is 3.84. The summed E-state index contributed by atoms with van der Waals surface area (Å²) in [5.74, 6) is 1.13. The highest BCUT2D eigenvalue weighted by Gasteiger charge is 2.34. The molecule has 2 rings (SSSR count). The summed E-state index contributed by atoms with van der Waals surface area (Å²) in [6, 6.07) is 0.300. The van der Waals surface area contributed by atoms with E-state index in [2.05, 4.69) is 23.2 Å². The maximum Gasteiger partial charge on any atom is 0.236 e. The number of carbonyl (C=O) groups excluding carboxylic acids is 1. The molecule has 1 aromatic rings. The van der Waals surface area contributed by atoms with Gasteiger partial charge in [0.05, 0.1) is 5.25 Å². The average molecular weight is 271 g/mol. The van der Waals surface area contributed by atoms with Gasteiger partial charge in [-0.2, -0.15) is 4.37 Å². The molecule has 1 fully saturated rings. The van der Waals surface area contributed by atoms with E-state index in [1.807, 2.05) is 11.8 Å². The van der Waals surface area contributed by atoms with E-state index in [1.54, 1.807) is 11.8 Å². The molecular weight excluding hydrogens is 254 g/mol. The Hall–Kier alpha value is -0.620. The number of aryl methyl sites for hydroxylation is 1. The first kappa shape index (κ1) is 12.8. The molecule has 0 spiro atoms. The van der Waals surface area contributed by atoms with Gasteiger partial charge in [0.2, 0.25) is 5.91 Å². The molecule has 1 saturated heterocycles. The molecule has 1 atom stereocenters. The van der Waals surface area contributed by atoms with Crippen molar-refractivity contribution >= 4 is 29.2 Å². The third-order valence-electron chi connectivity index (χ3n) is 2.82. The molecule has 0 radical (unpaired) electrons. The van der Waals surface area contributed by atoms with Crippen molar-refractivity contribution in [2.45, 2.75) is 49.2 Å². The second-order valence-electron chi connectivity index (χ2n) is 4.35. The quantitative estimate of drug-likeness (QED) is 0.842. The van der Waals surface area contributed by atoms with Crippen LogP contribution in [-0.4, -0.2) is 38.0 Å². The molecule has 0 bridgehead atoms. The van der Waals surface area contributed by atoms with Gasteiger partial charge in [0.15, 0.2) is 4.34 Å². The van der Waals surface area contributed by atoms with E-state index < -0.39 is 0 Å². The van der Waals surface area contributed by atoms with Crippen molar-refractivity contribution in [3.63, 3.8) is 0 Å². The molecule has 1 unspecified atom stereocenters. The van der Waals surface area contributed by atoms with Crippen molar-refractivity contribution in [2.24, 2.45) is 0 Å². The van der Waals surface area contributed by atoms with Crippen LogP contribution in [0.4, 0.5) is 0 Å². The third kappa shape index (κ3) is 2.80. The normalized spacial score (nSPS) is 20.6. The zero-order chi connectivity index (χ0) is 12.4. The first-order valence-corrected chi connectivity index (χ1v) is 7.56. The summed E-state index contributed by atoms with van der Waals surface area (Å²) in [5, 5.41) is 0.0371. The summed E-state index contributed by atoms with van der Waals surface area (Å²) in [4.78, 5) is 18.4. The van der Waals surface area contributed by atoms with Gasteiger partial charge in [-0.15, -0.1) is 0 Å². The molecule has 6 heteroatoms. The van der Waals surface area contributed by atoms with Gasteiger partial charge in [0, 0.05) is 19.0 Å². The summed E-state index contributed by atoms with van der Waals surface area (Å²) in [6.07, 6.45) is 1.77. The van der Waals surface area contributed by atoms with Gasteiger partial charge in [-0.1, -0.05) is 18.7 Å². The van der Waals surface area contributed by atoms with Crippen LogP contribution in [0.25, 0.3) is 0 Å². The minimum Gasteiger partial charge on any atom is -0.339 e. The summed E-state index contributed by atoms with van der Waals surface area (Å²) in [5.41, 5.74) is 0. The Bertz CT molecular complexity index is 405. The Morgan fingerprint density at radius 3 is 2.88 bits per heavy atom.